The summed E-state index contributed by atoms with van der Waals surface area (Å²) in [4.78, 5) is 11.0. The van der Waals surface area contributed by atoms with Crippen LogP contribution in [-0.4, -0.2) is 11.1 Å². The normalized spacial score (nSPS) is 11.2. The van der Waals surface area contributed by atoms with Crippen molar-refractivity contribution in [1.29, 1.82) is 5.26 Å². The number of benzene rings is 2. The van der Waals surface area contributed by atoms with E-state index in [1.807, 2.05) is 31.2 Å². The minimum absolute atomic E-state index is 0.0354. The van der Waals surface area contributed by atoms with Crippen molar-refractivity contribution < 1.29 is 14.3 Å². The predicted octanol–water partition coefficient (Wildman–Crippen LogP) is 5.67. The molecule has 3 rings (SSSR count). The predicted molar refractivity (Wildman–Crippen MR) is 101 cm³/mol. The fourth-order valence-electron chi connectivity index (χ4n) is 2.48. The molecule has 4 nitrogen and oxygen atoms in total. The number of nitriles is 1. The lowest BCUT2D eigenvalue weighted by atomic mass is 10.0. The highest BCUT2D eigenvalue weighted by atomic mass is 35.5. The van der Waals surface area contributed by atoms with Crippen molar-refractivity contribution in [2.75, 3.05) is 0 Å². The number of furan rings is 1. The lowest BCUT2D eigenvalue weighted by Gasteiger charge is -2.02. The topological polar surface area (TPSA) is 74.2 Å². The number of hydrogen-bond donors (Lipinski definition) is 1. The largest absolute Gasteiger partial charge is 0.478 e. The third-order valence-corrected chi connectivity index (χ3v) is 4.19. The Bertz CT molecular complexity index is 1040. The maximum Gasteiger partial charge on any atom is 0.337 e. The van der Waals surface area contributed by atoms with Gasteiger partial charge in [-0.3, -0.25) is 0 Å². The van der Waals surface area contributed by atoms with Crippen LogP contribution in [0, 0.1) is 18.3 Å². The van der Waals surface area contributed by atoms with Gasteiger partial charge in [-0.15, -0.1) is 0 Å². The summed E-state index contributed by atoms with van der Waals surface area (Å²) in [5, 5.41) is 18.6. The number of nitrogens with zero attached hydrogens (tertiary/aromatic N) is 1. The van der Waals surface area contributed by atoms with Crippen LogP contribution in [0.2, 0.25) is 5.02 Å². The fraction of sp³-hybridized carbons (Fsp3) is 0.0476. The van der Waals surface area contributed by atoms with Gasteiger partial charge in [-0.1, -0.05) is 47.5 Å². The molecule has 0 atom stereocenters. The van der Waals surface area contributed by atoms with Crippen molar-refractivity contribution in [3.63, 3.8) is 0 Å². The first-order valence-corrected chi connectivity index (χ1v) is 8.17. The molecule has 0 unspecified atom stereocenters. The fourth-order valence-corrected chi connectivity index (χ4v) is 2.74. The second-order valence-corrected chi connectivity index (χ2v) is 6.14. The number of rotatable bonds is 4. The van der Waals surface area contributed by atoms with Gasteiger partial charge in [-0.25, -0.2) is 4.79 Å². The second-order valence-electron chi connectivity index (χ2n) is 5.74. The van der Waals surface area contributed by atoms with Crippen LogP contribution >= 0.6 is 11.6 Å². The summed E-state index contributed by atoms with van der Waals surface area (Å²) in [5.74, 6) is -0.0202. The number of hydrogen-bond acceptors (Lipinski definition) is 3. The average molecular weight is 364 g/mol. The third kappa shape index (κ3) is 3.69. The van der Waals surface area contributed by atoms with Gasteiger partial charge >= 0.3 is 5.97 Å². The number of carboxylic acid groups (broad SMARTS) is 1. The standard InChI is InChI=1S/C21H14ClNO3/c1-13-2-4-14(5-3-13)16(12-23)10-17-7-9-20(26-17)15-6-8-18(21(24)25)19(22)11-15/h2-11H,1H3,(H,24,25)/b16-10-. The minimum Gasteiger partial charge on any atom is -0.478 e. The van der Waals surface area contributed by atoms with Crippen molar-refractivity contribution in [2.24, 2.45) is 0 Å². The summed E-state index contributed by atoms with van der Waals surface area (Å²) in [6, 6.07) is 18.0. The molecule has 5 heteroatoms. The van der Waals surface area contributed by atoms with Gasteiger partial charge in [0.05, 0.1) is 22.2 Å². The van der Waals surface area contributed by atoms with Crippen LogP contribution in [0.3, 0.4) is 0 Å². The van der Waals surface area contributed by atoms with E-state index < -0.39 is 5.97 Å². The first-order valence-electron chi connectivity index (χ1n) is 7.80. The van der Waals surface area contributed by atoms with E-state index in [9.17, 15) is 10.1 Å². The molecular formula is C21H14ClNO3. The van der Waals surface area contributed by atoms with Gasteiger partial charge in [0.1, 0.15) is 11.5 Å². The Balaban J connectivity index is 1.92. The average Bonchev–Trinajstić information content (AvgIpc) is 3.09. The molecule has 0 aliphatic rings. The molecule has 0 fully saturated rings. The molecule has 1 heterocycles. The van der Waals surface area contributed by atoms with E-state index in [-0.39, 0.29) is 10.6 Å². The van der Waals surface area contributed by atoms with E-state index >= 15 is 0 Å². The van der Waals surface area contributed by atoms with Gasteiger partial charge in [0.25, 0.3) is 0 Å². The Morgan fingerprint density at radius 2 is 1.88 bits per heavy atom. The zero-order valence-electron chi connectivity index (χ0n) is 13.9. The van der Waals surface area contributed by atoms with E-state index in [1.54, 1.807) is 30.3 Å². The van der Waals surface area contributed by atoms with E-state index in [0.29, 0.717) is 22.7 Å². The number of halogens is 1. The van der Waals surface area contributed by atoms with Crippen LogP contribution in [0.5, 0.6) is 0 Å². The molecule has 128 valence electrons. The monoisotopic (exact) mass is 363 g/mol. The van der Waals surface area contributed by atoms with Crippen molar-refractivity contribution in [1.82, 2.24) is 0 Å². The van der Waals surface area contributed by atoms with Crippen LogP contribution in [0.4, 0.5) is 0 Å². The van der Waals surface area contributed by atoms with E-state index in [0.717, 1.165) is 11.1 Å². The summed E-state index contributed by atoms with van der Waals surface area (Å²) < 4.78 is 5.77. The molecule has 3 aromatic rings. The van der Waals surface area contributed by atoms with Gasteiger partial charge in [-0.05, 0) is 42.8 Å². The molecule has 26 heavy (non-hydrogen) atoms. The SMILES string of the molecule is Cc1ccc(/C(C#N)=C\c2ccc(-c3ccc(C(=O)O)c(Cl)c3)o2)cc1. The quantitative estimate of drug-likeness (QED) is 0.606. The van der Waals surface area contributed by atoms with Crippen LogP contribution in [0.15, 0.2) is 59.0 Å². The second kappa shape index (κ2) is 7.30. The van der Waals surface area contributed by atoms with Crippen molar-refractivity contribution >= 4 is 29.2 Å². The molecule has 0 bridgehead atoms. The first-order chi connectivity index (χ1) is 12.5. The Kier molecular flexibility index (Phi) is 4.92. The summed E-state index contributed by atoms with van der Waals surface area (Å²) in [5.41, 5.74) is 3.12. The van der Waals surface area contributed by atoms with E-state index in [2.05, 4.69) is 6.07 Å². The molecule has 0 radical (unpaired) electrons. The Hall–Kier alpha value is -3.29. The lowest BCUT2D eigenvalue weighted by Crippen LogP contribution is -1.96. The van der Waals surface area contributed by atoms with E-state index in [4.69, 9.17) is 21.1 Å². The highest BCUT2D eigenvalue weighted by Crippen LogP contribution is 2.28. The van der Waals surface area contributed by atoms with Crippen molar-refractivity contribution in [3.05, 3.63) is 82.1 Å². The highest BCUT2D eigenvalue weighted by molar-refractivity contribution is 6.33. The molecule has 0 aliphatic carbocycles. The number of carbonyl (C=O) groups is 1. The Morgan fingerprint density at radius 3 is 2.50 bits per heavy atom. The molecule has 0 saturated carbocycles. The third-order valence-electron chi connectivity index (χ3n) is 3.88. The molecule has 2 aromatic carbocycles. The molecule has 1 aromatic heterocycles. The number of carboxylic acids is 1. The number of aromatic carboxylic acids is 1. The molecule has 0 amide bonds. The Morgan fingerprint density at radius 1 is 1.15 bits per heavy atom. The van der Waals surface area contributed by atoms with Gasteiger partial charge in [0, 0.05) is 5.56 Å². The van der Waals surface area contributed by atoms with Crippen LogP contribution in [-0.2, 0) is 0 Å². The molecule has 0 aliphatic heterocycles. The van der Waals surface area contributed by atoms with Crippen molar-refractivity contribution in [2.45, 2.75) is 6.92 Å². The molecule has 0 saturated heterocycles. The summed E-state index contributed by atoms with van der Waals surface area (Å²) in [6.45, 7) is 1.99. The molecule has 0 spiro atoms. The zero-order chi connectivity index (χ0) is 18.7. The maximum atomic E-state index is 11.0. The number of aryl methyl sites for hydroxylation is 1. The minimum atomic E-state index is -1.08. The highest BCUT2D eigenvalue weighted by Gasteiger charge is 2.12. The molecular weight excluding hydrogens is 350 g/mol. The van der Waals surface area contributed by atoms with Crippen LogP contribution < -0.4 is 0 Å². The van der Waals surface area contributed by atoms with Crippen molar-refractivity contribution in [3.8, 4) is 17.4 Å². The smallest absolute Gasteiger partial charge is 0.337 e. The number of allylic oxidation sites excluding steroid dienone is 1. The summed E-state index contributed by atoms with van der Waals surface area (Å²) >= 11 is 6.00. The summed E-state index contributed by atoms with van der Waals surface area (Å²) in [7, 11) is 0. The van der Waals surface area contributed by atoms with Gasteiger partial charge in [0.15, 0.2) is 0 Å². The maximum absolute atomic E-state index is 11.0. The first kappa shape index (κ1) is 17.5. The summed E-state index contributed by atoms with van der Waals surface area (Å²) in [6.07, 6.45) is 1.67. The Labute approximate surface area is 155 Å². The van der Waals surface area contributed by atoms with Crippen LogP contribution in [0.1, 0.15) is 27.2 Å². The van der Waals surface area contributed by atoms with Gasteiger partial charge in [-0.2, -0.15) is 5.26 Å². The van der Waals surface area contributed by atoms with Gasteiger partial charge in [0.2, 0.25) is 0 Å². The van der Waals surface area contributed by atoms with Gasteiger partial charge < -0.3 is 9.52 Å². The zero-order valence-corrected chi connectivity index (χ0v) is 14.6. The molecule has 1 N–H and O–H groups in total. The lowest BCUT2D eigenvalue weighted by molar-refractivity contribution is 0.0697. The van der Waals surface area contributed by atoms with E-state index in [1.165, 1.54) is 6.07 Å². The van der Waals surface area contributed by atoms with Crippen LogP contribution in [0.25, 0.3) is 23.0 Å².